The van der Waals surface area contributed by atoms with Crippen LogP contribution in [-0.4, -0.2) is 25.0 Å². The van der Waals surface area contributed by atoms with E-state index in [1.807, 2.05) is 45.0 Å². The first-order valence-corrected chi connectivity index (χ1v) is 8.60. The zero-order valence-electron chi connectivity index (χ0n) is 14.7. The molecule has 135 valence electrons. The van der Waals surface area contributed by atoms with Crippen LogP contribution in [-0.2, 0) is 20.4 Å². The van der Waals surface area contributed by atoms with Gasteiger partial charge >= 0.3 is 144 Å². The molecule has 1 atom stereocenters. The Kier molecular flexibility index (Phi) is 5.02. The number of rotatable bonds is 3. The van der Waals surface area contributed by atoms with Crippen molar-refractivity contribution >= 4 is 0 Å². The third-order valence-corrected chi connectivity index (χ3v) is 4.63. The van der Waals surface area contributed by atoms with Crippen LogP contribution in [0.2, 0.25) is 0 Å². The summed E-state index contributed by atoms with van der Waals surface area (Å²) >= 11 is 4.46. The topological polar surface area (TPSA) is 71.8 Å². The van der Waals surface area contributed by atoms with E-state index in [2.05, 4.69) is 39.6 Å². The molecule has 0 aromatic carbocycles. The summed E-state index contributed by atoms with van der Waals surface area (Å²) < 4.78 is 0. The van der Waals surface area contributed by atoms with Gasteiger partial charge in [-0.25, -0.2) is 9.97 Å². The molecular weight excluding hydrogens is 371 g/mol. The molecule has 0 saturated carbocycles. The van der Waals surface area contributed by atoms with Crippen LogP contribution in [0, 0.1) is 10.2 Å². The summed E-state index contributed by atoms with van der Waals surface area (Å²) in [5.41, 5.74) is 1.80. The van der Waals surface area contributed by atoms with E-state index in [0.29, 0.717) is 17.0 Å². The third kappa shape index (κ3) is 3.32. The van der Waals surface area contributed by atoms with Gasteiger partial charge in [0, 0.05) is 0 Å². The number of hydrogen-bond donors (Lipinski definition) is 1. The van der Waals surface area contributed by atoms with Gasteiger partial charge in [0.05, 0.1) is 0 Å². The van der Waals surface area contributed by atoms with E-state index in [4.69, 9.17) is 0 Å². The minimum atomic E-state index is -1.32. The number of nitrogens with zero attached hydrogens (tertiary/aromatic N) is 4. The Hall–Kier alpha value is -2.39. The van der Waals surface area contributed by atoms with Crippen molar-refractivity contribution in [2.45, 2.75) is 26.4 Å². The summed E-state index contributed by atoms with van der Waals surface area (Å²) in [5, 5.41) is 11.5. The Bertz CT molecular complexity index is 929. The first-order chi connectivity index (χ1) is 12.4. The monoisotopic (exact) mass is 389 g/mol. The first-order valence-electron chi connectivity index (χ1n) is 8.10. The maximum atomic E-state index is 11.5. The maximum absolute atomic E-state index is 11.5. The standard InChI is InChI=1S/C20H19N4O.Ni/c1-14-5-6-15(9-23-14)16-7-8-18(24-10-16)20(25,19(2,3)4)17-11-21-13-22-12-17;/h5-13,25H,2-4H3;. The molecule has 3 rings (SSSR count). The molecule has 0 saturated heterocycles. The molecule has 5 nitrogen and oxygen atoms in total. The summed E-state index contributed by atoms with van der Waals surface area (Å²) in [6.07, 6.45) is 8.16. The van der Waals surface area contributed by atoms with Gasteiger partial charge < -0.3 is 0 Å². The molecule has 0 aliphatic carbocycles. The van der Waals surface area contributed by atoms with Crippen LogP contribution in [0.1, 0.15) is 37.7 Å². The summed E-state index contributed by atoms with van der Waals surface area (Å²) in [6, 6.07) is 7.49. The molecule has 0 aliphatic heterocycles. The zero-order valence-corrected chi connectivity index (χ0v) is 15.7. The summed E-state index contributed by atoms with van der Waals surface area (Å²) in [6.45, 7) is 5.88. The summed E-state index contributed by atoms with van der Waals surface area (Å²) in [5.74, 6) is 0. The molecule has 0 amide bonds. The molecule has 0 radical (unpaired) electrons. The van der Waals surface area contributed by atoms with Crippen LogP contribution < -0.4 is 0 Å². The number of aliphatic hydroxyl groups is 1. The van der Waals surface area contributed by atoms with Gasteiger partial charge in [0.15, 0.2) is 0 Å². The molecule has 6 heteroatoms. The Morgan fingerprint density at radius 1 is 0.885 bits per heavy atom. The third-order valence-electron chi connectivity index (χ3n) is 4.38. The van der Waals surface area contributed by atoms with Crippen molar-refractivity contribution in [3.05, 3.63) is 72.3 Å². The fourth-order valence-corrected chi connectivity index (χ4v) is 2.99. The van der Waals surface area contributed by atoms with Gasteiger partial charge in [-0.1, -0.05) is 0 Å². The van der Waals surface area contributed by atoms with Gasteiger partial charge in [-0.15, -0.1) is 0 Å². The van der Waals surface area contributed by atoms with Crippen molar-refractivity contribution in [3.63, 3.8) is 0 Å². The average Bonchev–Trinajstić information content (AvgIpc) is 2.67. The van der Waals surface area contributed by atoms with Crippen molar-refractivity contribution in [1.82, 2.24) is 19.9 Å². The molecule has 3 heterocycles. The van der Waals surface area contributed by atoms with E-state index in [1.165, 1.54) is 6.33 Å². The Morgan fingerprint density at radius 3 is 1.96 bits per heavy atom. The fourth-order valence-electron chi connectivity index (χ4n) is 2.84. The number of aromatic nitrogens is 4. The summed E-state index contributed by atoms with van der Waals surface area (Å²) in [4.78, 5) is 19.5. The predicted octanol–water partition coefficient (Wildman–Crippen LogP) is 3.07. The van der Waals surface area contributed by atoms with Crippen LogP contribution in [0.25, 0.3) is 11.1 Å². The van der Waals surface area contributed by atoms with Crippen LogP contribution in [0.4, 0.5) is 0 Å². The number of pyridine rings is 2. The van der Waals surface area contributed by atoms with Crippen LogP contribution >= 0.6 is 0 Å². The molecule has 0 spiro atoms. The summed E-state index contributed by atoms with van der Waals surface area (Å²) in [7, 11) is 0. The minimum absolute atomic E-state index is 0.508. The van der Waals surface area contributed by atoms with Gasteiger partial charge in [-0.2, -0.15) is 0 Å². The van der Waals surface area contributed by atoms with Crippen molar-refractivity contribution in [2.75, 3.05) is 0 Å². The molecule has 1 unspecified atom stereocenters. The Balaban J connectivity index is 2.03. The predicted molar refractivity (Wildman–Crippen MR) is 94.9 cm³/mol. The fraction of sp³-hybridized carbons (Fsp3) is 0.250. The van der Waals surface area contributed by atoms with Crippen LogP contribution in [0.3, 0.4) is 0 Å². The van der Waals surface area contributed by atoms with Crippen molar-refractivity contribution < 1.29 is 19.9 Å². The average molecular weight is 390 g/mol. The molecule has 0 fully saturated rings. The zero-order chi connectivity index (χ0) is 18.8. The SMILES string of the molecule is CC(C)(C)C(O)(c1cncnc1)c1ccc(-c2ccc([C]#[Ni])nc2)cn1. The van der Waals surface area contributed by atoms with Gasteiger partial charge in [-0.3, -0.25) is 0 Å². The Labute approximate surface area is 160 Å². The second-order valence-corrected chi connectivity index (χ2v) is 7.28. The normalized spacial score (nSPS) is 13.7. The Morgan fingerprint density at radius 2 is 1.50 bits per heavy atom. The van der Waals surface area contributed by atoms with E-state index >= 15 is 0 Å². The van der Waals surface area contributed by atoms with Crippen LogP contribution in [0.15, 0.2) is 55.4 Å². The van der Waals surface area contributed by atoms with Crippen molar-refractivity contribution in [3.8, 4) is 15.9 Å². The number of hydrogen-bond acceptors (Lipinski definition) is 5. The molecule has 3 aromatic heterocycles. The van der Waals surface area contributed by atoms with E-state index in [-0.39, 0.29) is 0 Å². The van der Waals surface area contributed by atoms with E-state index < -0.39 is 11.0 Å². The molecule has 0 aliphatic rings. The van der Waals surface area contributed by atoms with E-state index in [9.17, 15) is 5.11 Å². The van der Waals surface area contributed by atoms with E-state index in [0.717, 1.165) is 11.1 Å². The van der Waals surface area contributed by atoms with Gasteiger partial charge in [0.2, 0.25) is 0 Å². The van der Waals surface area contributed by atoms with Crippen molar-refractivity contribution in [2.24, 2.45) is 5.41 Å². The van der Waals surface area contributed by atoms with E-state index in [1.54, 1.807) is 24.8 Å². The second-order valence-electron chi connectivity index (χ2n) is 7.03. The molecular formula is C20H19N4NiO. The second kappa shape index (κ2) is 7.09. The van der Waals surface area contributed by atoms with Gasteiger partial charge in [0.25, 0.3) is 0 Å². The van der Waals surface area contributed by atoms with Gasteiger partial charge in [-0.05, 0) is 0 Å². The first kappa shape index (κ1) is 18.4. The molecule has 1 N–H and O–H groups in total. The van der Waals surface area contributed by atoms with Crippen molar-refractivity contribution in [1.29, 1.82) is 0 Å². The molecule has 0 bridgehead atoms. The molecule has 3 aromatic rings. The molecule has 26 heavy (non-hydrogen) atoms. The van der Waals surface area contributed by atoms with Gasteiger partial charge in [0.1, 0.15) is 6.33 Å². The van der Waals surface area contributed by atoms with Crippen LogP contribution in [0.5, 0.6) is 0 Å². The quantitative estimate of drug-likeness (QED) is 0.697.